The van der Waals surface area contributed by atoms with Gasteiger partial charge in [0.05, 0.1) is 18.9 Å². The second kappa shape index (κ2) is 10.5. The number of hydrogen-bond acceptors (Lipinski definition) is 5. The fourth-order valence-electron chi connectivity index (χ4n) is 4.37. The number of aromatic nitrogens is 1. The number of aryl methyl sites for hydroxylation is 2. The minimum atomic E-state index is -0.128. The quantitative estimate of drug-likeness (QED) is 0.347. The van der Waals surface area contributed by atoms with Gasteiger partial charge in [-0.15, -0.1) is 0 Å². The first kappa shape index (κ1) is 23.4. The third-order valence-corrected chi connectivity index (χ3v) is 6.36. The SMILES string of the molecule is Cc1ccccc1C(C/C(=N/O)c1ccc(=O)n(C)c1)c1ccc(C(=O)N2CCOCC2)cc1. The normalized spacial score (nSPS) is 15.2. The zero-order valence-electron chi connectivity index (χ0n) is 19.5. The first-order valence-corrected chi connectivity index (χ1v) is 11.4. The highest BCUT2D eigenvalue weighted by Crippen LogP contribution is 2.32. The van der Waals surface area contributed by atoms with Gasteiger partial charge in [0.15, 0.2) is 0 Å². The first-order chi connectivity index (χ1) is 16.5. The number of hydrogen-bond donors (Lipinski definition) is 1. The number of amides is 1. The van der Waals surface area contributed by atoms with E-state index in [1.807, 2.05) is 41.3 Å². The fraction of sp³-hybridized carbons (Fsp3) is 0.296. The van der Waals surface area contributed by atoms with Crippen molar-refractivity contribution in [2.24, 2.45) is 12.2 Å². The Bertz CT molecular complexity index is 1240. The fourth-order valence-corrected chi connectivity index (χ4v) is 4.37. The number of carbonyl (C=O) groups excluding carboxylic acids is 1. The Morgan fingerprint density at radius 1 is 1.03 bits per heavy atom. The minimum Gasteiger partial charge on any atom is -0.411 e. The van der Waals surface area contributed by atoms with Crippen molar-refractivity contribution in [3.63, 3.8) is 0 Å². The predicted molar refractivity (Wildman–Crippen MR) is 131 cm³/mol. The van der Waals surface area contributed by atoms with Gasteiger partial charge in [-0.3, -0.25) is 9.59 Å². The number of nitrogens with zero attached hydrogens (tertiary/aromatic N) is 3. The van der Waals surface area contributed by atoms with Crippen LogP contribution in [0.5, 0.6) is 0 Å². The Morgan fingerprint density at radius 3 is 2.35 bits per heavy atom. The van der Waals surface area contributed by atoms with Gasteiger partial charge in [-0.1, -0.05) is 41.6 Å². The van der Waals surface area contributed by atoms with Crippen LogP contribution in [0.3, 0.4) is 0 Å². The number of ether oxygens (including phenoxy) is 1. The van der Waals surface area contributed by atoms with Crippen LogP contribution in [0, 0.1) is 6.92 Å². The van der Waals surface area contributed by atoms with Gasteiger partial charge in [-0.05, 0) is 41.8 Å². The molecule has 1 saturated heterocycles. The van der Waals surface area contributed by atoms with Gasteiger partial charge in [0, 0.05) is 55.9 Å². The summed E-state index contributed by atoms with van der Waals surface area (Å²) in [6.07, 6.45) is 2.10. The van der Waals surface area contributed by atoms with Crippen molar-refractivity contribution in [1.82, 2.24) is 9.47 Å². The van der Waals surface area contributed by atoms with Gasteiger partial charge in [0.2, 0.25) is 5.56 Å². The van der Waals surface area contributed by atoms with Crippen molar-refractivity contribution in [2.45, 2.75) is 19.3 Å². The smallest absolute Gasteiger partial charge is 0.254 e. The maximum absolute atomic E-state index is 12.9. The van der Waals surface area contributed by atoms with Crippen molar-refractivity contribution in [2.75, 3.05) is 26.3 Å². The molecule has 7 nitrogen and oxygen atoms in total. The molecule has 0 radical (unpaired) electrons. The highest BCUT2D eigenvalue weighted by Gasteiger charge is 2.22. The molecule has 1 aliphatic heterocycles. The molecule has 1 unspecified atom stereocenters. The summed E-state index contributed by atoms with van der Waals surface area (Å²) in [5, 5.41) is 13.4. The zero-order valence-corrected chi connectivity index (χ0v) is 19.5. The van der Waals surface area contributed by atoms with Crippen molar-refractivity contribution < 1.29 is 14.7 Å². The highest BCUT2D eigenvalue weighted by atomic mass is 16.5. The number of rotatable bonds is 6. The van der Waals surface area contributed by atoms with Crippen LogP contribution in [0.1, 0.15) is 45.0 Å². The molecule has 0 spiro atoms. The third-order valence-electron chi connectivity index (χ3n) is 6.36. The molecule has 1 atom stereocenters. The average molecular weight is 460 g/mol. The monoisotopic (exact) mass is 459 g/mol. The van der Waals surface area contributed by atoms with Gasteiger partial charge in [-0.2, -0.15) is 0 Å². The molecule has 0 aliphatic carbocycles. The molecule has 7 heteroatoms. The third kappa shape index (κ3) is 5.10. The van der Waals surface area contributed by atoms with Crippen molar-refractivity contribution in [3.05, 3.63) is 105 Å². The van der Waals surface area contributed by atoms with E-state index in [1.165, 1.54) is 10.6 Å². The van der Waals surface area contributed by atoms with Crippen molar-refractivity contribution in [1.29, 1.82) is 0 Å². The summed E-state index contributed by atoms with van der Waals surface area (Å²) in [5.41, 5.74) is 4.93. The molecule has 34 heavy (non-hydrogen) atoms. The lowest BCUT2D eigenvalue weighted by atomic mass is 9.83. The van der Waals surface area contributed by atoms with E-state index >= 15 is 0 Å². The maximum Gasteiger partial charge on any atom is 0.254 e. The van der Waals surface area contributed by atoms with Crippen LogP contribution < -0.4 is 5.56 Å². The Hall–Kier alpha value is -3.71. The zero-order chi connectivity index (χ0) is 24.1. The Morgan fingerprint density at radius 2 is 1.71 bits per heavy atom. The number of oxime groups is 1. The first-order valence-electron chi connectivity index (χ1n) is 11.4. The van der Waals surface area contributed by atoms with Gasteiger partial charge in [-0.25, -0.2) is 0 Å². The topological polar surface area (TPSA) is 84.1 Å². The molecule has 2 aromatic carbocycles. The van der Waals surface area contributed by atoms with Crippen LogP contribution in [-0.4, -0.2) is 52.6 Å². The van der Waals surface area contributed by atoms with E-state index in [-0.39, 0.29) is 17.4 Å². The summed E-state index contributed by atoms with van der Waals surface area (Å²) in [7, 11) is 1.67. The van der Waals surface area contributed by atoms with Crippen LogP contribution >= 0.6 is 0 Å². The lowest BCUT2D eigenvalue weighted by Gasteiger charge is -2.27. The Labute approximate surface area is 198 Å². The second-order valence-electron chi connectivity index (χ2n) is 8.55. The van der Waals surface area contributed by atoms with Crippen LogP contribution in [0.2, 0.25) is 0 Å². The standard InChI is InChI=1S/C27H29N3O4/c1-19-5-3-4-6-23(19)24(17-25(28-33)22-11-12-26(31)29(2)18-22)20-7-9-21(10-8-20)27(32)30-13-15-34-16-14-30/h3-12,18,24,33H,13-17H2,1-2H3/b28-25-. The molecule has 1 amide bonds. The largest absolute Gasteiger partial charge is 0.411 e. The van der Waals surface area contributed by atoms with Crippen LogP contribution in [0.25, 0.3) is 0 Å². The molecule has 1 fully saturated rings. The van der Waals surface area contributed by atoms with E-state index in [2.05, 4.69) is 24.2 Å². The molecule has 3 aromatic rings. The molecular weight excluding hydrogens is 430 g/mol. The van der Waals surface area contributed by atoms with E-state index in [1.54, 1.807) is 19.3 Å². The van der Waals surface area contributed by atoms with Gasteiger partial charge < -0.3 is 19.4 Å². The Kier molecular flexibility index (Phi) is 7.23. The number of pyridine rings is 1. The van der Waals surface area contributed by atoms with E-state index in [9.17, 15) is 14.8 Å². The summed E-state index contributed by atoms with van der Waals surface area (Å²) >= 11 is 0. The van der Waals surface area contributed by atoms with E-state index < -0.39 is 0 Å². The predicted octanol–water partition coefficient (Wildman–Crippen LogP) is 3.57. The van der Waals surface area contributed by atoms with E-state index in [0.29, 0.717) is 49.6 Å². The molecule has 0 bridgehead atoms. The molecular formula is C27H29N3O4. The van der Waals surface area contributed by atoms with E-state index in [4.69, 9.17) is 4.74 Å². The maximum atomic E-state index is 12.9. The van der Waals surface area contributed by atoms with Crippen molar-refractivity contribution >= 4 is 11.6 Å². The molecule has 4 rings (SSSR count). The summed E-state index contributed by atoms with van der Waals surface area (Å²) < 4.78 is 6.82. The lowest BCUT2D eigenvalue weighted by molar-refractivity contribution is 0.0303. The summed E-state index contributed by atoms with van der Waals surface area (Å²) in [6, 6.07) is 18.9. The molecule has 1 aliphatic rings. The van der Waals surface area contributed by atoms with Crippen LogP contribution in [0.15, 0.2) is 76.8 Å². The summed E-state index contributed by atoms with van der Waals surface area (Å²) in [6.45, 7) is 4.38. The number of carbonyl (C=O) groups is 1. The highest BCUT2D eigenvalue weighted by molar-refractivity contribution is 6.00. The molecule has 2 heterocycles. The van der Waals surface area contributed by atoms with Crippen molar-refractivity contribution in [3.8, 4) is 0 Å². The van der Waals surface area contributed by atoms with Gasteiger partial charge >= 0.3 is 0 Å². The van der Waals surface area contributed by atoms with Gasteiger partial charge in [0.25, 0.3) is 5.91 Å². The summed E-state index contributed by atoms with van der Waals surface area (Å²) in [5.74, 6) is -0.0954. The molecule has 1 N–H and O–H groups in total. The molecule has 1 aromatic heterocycles. The van der Waals surface area contributed by atoms with E-state index in [0.717, 1.165) is 16.7 Å². The number of benzene rings is 2. The summed E-state index contributed by atoms with van der Waals surface area (Å²) in [4.78, 5) is 26.5. The molecule has 0 saturated carbocycles. The molecule has 176 valence electrons. The van der Waals surface area contributed by atoms with Crippen LogP contribution in [0.4, 0.5) is 0 Å². The average Bonchev–Trinajstić information content (AvgIpc) is 2.87. The van der Waals surface area contributed by atoms with Crippen LogP contribution in [-0.2, 0) is 11.8 Å². The Balaban J connectivity index is 1.66. The minimum absolute atomic E-state index is 0.00473. The second-order valence-corrected chi connectivity index (χ2v) is 8.55. The number of morpholine rings is 1. The van der Waals surface area contributed by atoms with Gasteiger partial charge in [0.1, 0.15) is 0 Å². The lowest BCUT2D eigenvalue weighted by Crippen LogP contribution is -2.40.